The van der Waals surface area contributed by atoms with E-state index in [0.29, 0.717) is 0 Å². The number of hydrogen-bond acceptors (Lipinski definition) is 6. The molecule has 0 saturated carbocycles. The van der Waals surface area contributed by atoms with E-state index in [1.807, 2.05) is 0 Å². The van der Waals surface area contributed by atoms with E-state index in [2.05, 4.69) is 0 Å². The molecule has 1 aromatic carbocycles. The first-order valence-electron chi connectivity index (χ1n) is 7.45. The van der Waals surface area contributed by atoms with Crippen molar-refractivity contribution in [2.75, 3.05) is 13.2 Å². The molecule has 2 rings (SSSR count). The monoisotopic (exact) mass is 331 g/mol. The third-order valence-corrected chi connectivity index (χ3v) is 3.54. The fourth-order valence-electron chi connectivity index (χ4n) is 2.49. The molecule has 0 spiro atoms. The molecule has 2 unspecified atom stereocenters. The van der Waals surface area contributed by atoms with Gasteiger partial charge in [-0.1, -0.05) is 30.3 Å². The quantitative estimate of drug-likeness (QED) is 0.242. The van der Waals surface area contributed by atoms with Crippen LogP contribution >= 0.6 is 0 Å². The predicted molar refractivity (Wildman–Crippen MR) is 84.2 cm³/mol. The number of benzene rings is 1. The molecule has 7 nitrogen and oxygen atoms in total. The van der Waals surface area contributed by atoms with Gasteiger partial charge in [-0.25, -0.2) is 0 Å². The molecule has 0 bridgehead atoms. The van der Waals surface area contributed by atoms with Gasteiger partial charge in [-0.3, -0.25) is 19.7 Å². The summed E-state index contributed by atoms with van der Waals surface area (Å²) < 4.78 is 10.2. The molecule has 0 aliphatic heterocycles. The Hall–Kier alpha value is -2.96. The fourth-order valence-corrected chi connectivity index (χ4v) is 2.49. The van der Waals surface area contributed by atoms with Crippen LogP contribution in [0, 0.1) is 16.0 Å². The van der Waals surface area contributed by atoms with Crippen molar-refractivity contribution < 1.29 is 23.7 Å². The minimum absolute atomic E-state index is 0.0702. The van der Waals surface area contributed by atoms with Gasteiger partial charge >= 0.3 is 5.97 Å². The second kappa shape index (κ2) is 8.05. The Kier molecular flexibility index (Phi) is 5.83. The molecule has 126 valence electrons. The first kappa shape index (κ1) is 17.4. The Morgan fingerprint density at radius 1 is 1.21 bits per heavy atom. The van der Waals surface area contributed by atoms with Gasteiger partial charge in [0.05, 0.1) is 12.9 Å². The lowest BCUT2D eigenvalue weighted by Crippen LogP contribution is -2.35. The number of ether oxygens (including phenoxy) is 1. The molecule has 1 aromatic heterocycles. The van der Waals surface area contributed by atoms with Crippen molar-refractivity contribution in [2.24, 2.45) is 5.92 Å². The lowest BCUT2D eigenvalue weighted by Gasteiger charge is -2.20. The van der Waals surface area contributed by atoms with Crippen LogP contribution in [0.5, 0.6) is 0 Å². The molecule has 0 amide bonds. The number of hydrogen-bond donors (Lipinski definition) is 0. The minimum Gasteiger partial charge on any atom is -0.469 e. The normalized spacial score (nSPS) is 13.0. The number of carbonyl (C=O) groups excluding carboxylic acids is 2. The predicted octanol–water partition coefficient (Wildman–Crippen LogP) is 2.70. The number of esters is 1. The van der Waals surface area contributed by atoms with Crippen molar-refractivity contribution in [3.05, 3.63) is 70.2 Å². The largest absolute Gasteiger partial charge is 0.469 e. The summed E-state index contributed by atoms with van der Waals surface area (Å²) in [6.45, 7) is 1.06. The summed E-state index contributed by atoms with van der Waals surface area (Å²) in [5.74, 6) is -3.51. The summed E-state index contributed by atoms with van der Waals surface area (Å²) in [6, 6.07) is 11.2. The summed E-state index contributed by atoms with van der Waals surface area (Å²) in [5.41, 5.74) is 0.287. The molecule has 0 aliphatic rings. The van der Waals surface area contributed by atoms with Gasteiger partial charge in [0.15, 0.2) is 5.78 Å². The smallest absolute Gasteiger partial charge is 0.317 e. The van der Waals surface area contributed by atoms with Crippen molar-refractivity contribution >= 4 is 11.8 Å². The Bertz CT molecular complexity index is 695. The molecule has 1 heterocycles. The molecule has 7 heteroatoms. The van der Waals surface area contributed by atoms with E-state index in [1.165, 1.54) is 12.3 Å². The number of carbonyl (C=O) groups is 2. The number of ketones is 1. The Labute approximate surface area is 138 Å². The number of rotatable bonds is 8. The maximum Gasteiger partial charge on any atom is 0.317 e. The maximum atomic E-state index is 12.8. The lowest BCUT2D eigenvalue weighted by atomic mass is 9.84. The van der Waals surface area contributed by atoms with Crippen molar-refractivity contribution in [3.8, 4) is 0 Å². The summed E-state index contributed by atoms with van der Waals surface area (Å²) in [4.78, 5) is 35.7. The highest BCUT2D eigenvalue weighted by Crippen LogP contribution is 2.30. The molecule has 0 N–H and O–H groups in total. The Balaban J connectivity index is 2.44. The average molecular weight is 331 g/mol. The van der Waals surface area contributed by atoms with Gasteiger partial charge in [-0.15, -0.1) is 0 Å². The summed E-state index contributed by atoms with van der Waals surface area (Å²) in [5, 5.41) is 11.0. The highest BCUT2D eigenvalue weighted by atomic mass is 16.6. The van der Waals surface area contributed by atoms with Crippen molar-refractivity contribution in [1.29, 1.82) is 0 Å². The first-order chi connectivity index (χ1) is 11.5. The van der Waals surface area contributed by atoms with Crippen LogP contribution in [0.1, 0.15) is 29.0 Å². The van der Waals surface area contributed by atoms with E-state index in [-0.39, 0.29) is 17.9 Å². The second-order valence-corrected chi connectivity index (χ2v) is 5.10. The van der Waals surface area contributed by atoms with Crippen molar-refractivity contribution in [1.82, 2.24) is 0 Å². The number of nitrogens with zero attached hydrogens (tertiary/aromatic N) is 1. The van der Waals surface area contributed by atoms with Crippen LogP contribution in [0.4, 0.5) is 0 Å². The van der Waals surface area contributed by atoms with Gasteiger partial charge in [0, 0.05) is 10.5 Å². The van der Waals surface area contributed by atoms with Gasteiger partial charge in [-0.2, -0.15) is 0 Å². The zero-order valence-electron chi connectivity index (χ0n) is 13.1. The summed E-state index contributed by atoms with van der Waals surface area (Å²) in [7, 11) is 0. The standard InChI is InChI=1S/C17H17NO6/c1-2-23-17(20)15(16(19)12-7-4-3-5-8-12)13(11-18(21)22)14-9-6-10-24-14/h3-10,13,15H,2,11H2,1H3. The third kappa shape index (κ3) is 4.07. The van der Waals surface area contributed by atoms with Gasteiger partial charge in [-0.05, 0) is 19.1 Å². The van der Waals surface area contributed by atoms with E-state index >= 15 is 0 Å². The highest BCUT2D eigenvalue weighted by molar-refractivity contribution is 6.09. The van der Waals surface area contributed by atoms with Gasteiger partial charge in [0.2, 0.25) is 6.54 Å². The Morgan fingerprint density at radius 2 is 1.92 bits per heavy atom. The van der Waals surface area contributed by atoms with Crippen LogP contribution in [0.3, 0.4) is 0 Å². The molecule has 0 fully saturated rings. The molecule has 0 aliphatic carbocycles. The summed E-state index contributed by atoms with van der Waals surface area (Å²) in [6.07, 6.45) is 1.34. The number of Topliss-reactive ketones (excluding diaryl/α,β-unsaturated/α-hetero) is 1. The molecule has 2 aromatic rings. The maximum absolute atomic E-state index is 12.8. The van der Waals surface area contributed by atoms with Crippen molar-refractivity contribution in [3.63, 3.8) is 0 Å². The molecule has 0 saturated heterocycles. The van der Waals surface area contributed by atoms with Crippen LogP contribution < -0.4 is 0 Å². The van der Waals surface area contributed by atoms with Gasteiger partial charge < -0.3 is 9.15 Å². The van der Waals surface area contributed by atoms with E-state index in [1.54, 1.807) is 43.3 Å². The lowest BCUT2D eigenvalue weighted by molar-refractivity contribution is -0.484. The minimum atomic E-state index is -1.34. The second-order valence-electron chi connectivity index (χ2n) is 5.10. The Morgan fingerprint density at radius 3 is 2.46 bits per heavy atom. The van der Waals surface area contributed by atoms with Crippen LogP contribution in [-0.2, 0) is 9.53 Å². The van der Waals surface area contributed by atoms with E-state index < -0.39 is 35.1 Å². The topological polar surface area (TPSA) is 99.7 Å². The van der Waals surface area contributed by atoms with Crippen molar-refractivity contribution in [2.45, 2.75) is 12.8 Å². The van der Waals surface area contributed by atoms with E-state index in [4.69, 9.17) is 9.15 Å². The summed E-state index contributed by atoms with van der Waals surface area (Å²) >= 11 is 0. The SMILES string of the molecule is CCOC(=O)C(C(=O)c1ccccc1)C(C[N+](=O)[O-])c1ccco1. The zero-order valence-corrected chi connectivity index (χ0v) is 13.1. The van der Waals surface area contributed by atoms with E-state index in [0.717, 1.165) is 0 Å². The van der Waals surface area contributed by atoms with Crippen LogP contribution in [0.15, 0.2) is 53.1 Å². The third-order valence-electron chi connectivity index (χ3n) is 3.54. The van der Waals surface area contributed by atoms with Gasteiger partial charge in [0.1, 0.15) is 17.6 Å². The molecule has 0 radical (unpaired) electrons. The number of furan rings is 1. The molecular formula is C17H17NO6. The average Bonchev–Trinajstić information content (AvgIpc) is 3.09. The van der Waals surface area contributed by atoms with Crippen LogP contribution in [0.25, 0.3) is 0 Å². The van der Waals surface area contributed by atoms with Crippen LogP contribution in [-0.4, -0.2) is 29.8 Å². The highest BCUT2D eigenvalue weighted by Gasteiger charge is 2.41. The van der Waals surface area contributed by atoms with Crippen LogP contribution in [0.2, 0.25) is 0 Å². The zero-order chi connectivity index (χ0) is 17.5. The van der Waals surface area contributed by atoms with Gasteiger partial charge in [0.25, 0.3) is 0 Å². The molecular weight excluding hydrogens is 314 g/mol. The number of nitro groups is 1. The van der Waals surface area contributed by atoms with E-state index in [9.17, 15) is 19.7 Å². The fraction of sp³-hybridized carbons (Fsp3) is 0.294. The molecule has 2 atom stereocenters. The molecule has 24 heavy (non-hydrogen) atoms. The first-order valence-corrected chi connectivity index (χ1v) is 7.45.